The van der Waals surface area contributed by atoms with Crippen molar-refractivity contribution in [2.75, 3.05) is 13.1 Å². The summed E-state index contributed by atoms with van der Waals surface area (Å²) < 4.78 is 0. The van der Waals surface area contributed by atoms with Crippen molar-refractivity contribution in [2.45, 2.75) is 13.8 Å². The Hall–Kier alpha value is -0.860. The maximum Gasteiger partial charge on any atom is 0.338 e. The smallest absolute Gasteiger partial charge is 0.338 e. The van der Waals surface area contributed by atoms with Crippen LogP contribution < -0.4 is 0 Å². The highest BCUT2D eigenvalue weighted by Crippen LogP contribution is 1.78. The molecular weight excluding hydrogens is 116 g/mol. The summed E-state index contributed by atoms with van der Waals surface area (Å²) in [7, 11) is 0. The minimum atomic E-state index is 0.877. The first-order chi connectivity index (χ1) is 4.35. The van der Waals surface area contributed by atoms with Crippen LogP contribution in [-0.4, -0.2) is 30.7 Å². The SMILES string of the molecule is CCN(C=N[C]=O)CC. The van der Waals surface area contributed by atoms with Crippen LogP contribution in [-0.2, 0) is 4.79 Å². The Morgan fingerprint density at radius 2 is 2.11 bits per heavy atom. The molecule has 0 aromatic heterocycles. The largest absolute Gasteiger partial charge is 0.363 e. The van der Waals surface area contributed by atoms with Crippen LogP contribution in [0.4, 0.5) is 0 Å². The Bertz CT molecular complexity index is 97.2. The van der Waals surface area contributed by atoms with Crippen LogP contribution in [0.1, 0.15) is 13.8 Å². The van der Waals surface area contributed by atoms with Crippen molar-refractivity contribution in [2.24, 2.45) is 4.99 Å². The second-order valence-electron chi connectivity index (χ2n) is 1.56. The van der Waals surface area contributed by atoms with E-state index in [0.717, 1.165) is 13.1 Å². The van der Waals surface area contributed by atoms with Gasteiger partial charge in [0.2, 0.25) is 0 Å². The van der Waals surface area contributed by atoms with Gasteiger partial charge < -0.3 is 4.90 Å². The Kier molecular flexibility index (Phi) is 4.78. The first kappa shape index (κ1) is 8.14. The number of aliphatic imine (C=N–C) groups is 1. The third-order valence-corrected chi connectivity index (χ3v) is 1.09. The van der Waals surface area contributed by atoms with Gasteiger partial charge in [-0.2, -0.15) is 4.99 Å². The number of carbonyl (C=O) groups excluding carboxylic acids is 1. The standard InChI is InChI=1S/C6H11N2O/c1-3-8(4-2)5-7-6-9/h5H,3-4H2,1-2H3. The van der Waals surface area contributed by atoms with E-state index in [2.05, 4.69) is 4.99 Å². The first-order valence-corrected chi connectivity index (χ1v) is 2.99. The molecule has 3 heteroatoms. The maximum atomic E-state index is 9.59. The highest BCUT2D eigenvalue weighted by atomic mass is 16.1. The third-order valence-electron chi connectivity index (χ3n) is 1.09. The van der Waals surface area contributed by atoms with Gasteiger partial charge in [0.15, 0.2) is 0 Å². The van der Waals surface area contributed by atoms with Crippen LogP contribution in [0.25, 0.3) is 0 Å². The second-order valence-corrected chi connectivity index (χ2v) is 1.56. The Morgan fingerprint density at radius 1 is 1.56 bits per heavy atom. The summed E-state index contributed by atoms with van der Waals surface area (Å²) in [5.74, 6) is 0. The number of rotatable bonds is 4. The fraction of sp³-hybridized carbons (Fsp3) is 0.667. The van der Waals surface area contributed by atoms with Gasteiger partial charge in [0, 0.05) is 13.1 Å². The van der Waals surface area contributed by atoms with Crippen LogP contribution in [0.2, 0.25) is 0 Å². The lowest BCUT2D eigenvalue weighted by molar-refractivity contribution is 0.479. The van der Waals surface area contributed by atoms with Gasteiger partial charge in [0.25, 0.3) is 0 Å². The van der Waals surface area contributed by atoms with E-state index in [1.54, 1.807) is 0 Å². The molecule has 0 heterocycles. The zero-order chi connectivity index (χ0) is 7.11. The van der Waals surface area contributed by atoms with Gasteiger partial charge in [-0.15, -0.1) is 0 Å². The van der Waals surface area contributed by atoms with E-state index in [9.17, 15) is 4.79 Å². The average molecular weight is 127 g/mol. The second kappa shape index (κ2) is 5.28. The molecule has 0 fully saturated rings. The zero-order valence-corrected chi connectivity index (χ0v) is 5.79. The Morgan fingerprint density at radius 3 is 2.44 bits per heavy atom. The van der Waals surface area contributed by atoms with Gasteiger partial charge in [0.1, 0.15) is 0 Å². The van der Waals surface area contributed by atoms with Crippen molar-refractivity contribution in [1.29, 1.82) is 0 Å². The highest BCUT2D eigenvalue weighted by Gasteiger charge is 1.87. The van der Waals surface area contributed by atoms with Crippen molar-refractivity contribution in [3.63, 3.8) is 0 Å². The van der Waals surface area contributed by atoms with Crippen LogP contribution >= 0.6 is 0 Å². The predicted molar refractivity (Wildman–Crippen MR) is 37.1 cm³/mol. The molecule has 0 aliphatic carbocycles. The molecule has 9 heavy (non-hydrogen) atoms. The average Bonchev–Trinajstić information content (AvgIpc) is 1.91. The van der Waals surface area contributed by atoms with E-state index < -0.39 is 0 Å². The topological polar surface area (TPSA) is 32.7 Å². The summed E-state index contributed by atoms with van der Waals surface area (Å²) in [5.41, 5.74) is 0. The van der Waals surface area contributed by atoms with Crippen molar-refractivity contribution in [3.8, 4) is 0 Å². The lowest BCUT2D eigenvalue weighted by atomic mass is 10.6. The molecule has 1 amide bonds. The van der Waals surface area contributed by atoms with Gasteiger partial charge in [-0.1, -0.05) is 0 Å². The van der Waals surface area contributed by atoms with E-state index in [1.165, 1.54) is 12.7 Å². The molecule has 0 aromatic rings. The Balaban J connectivity index is 3.53. The van der Waals surface area contributed by atoms with E-state index >= 15 is 0 Å². The predicted octanol–water partition coefficient (Wildman–Crippen LogP) is 0.424. The van der Waals surface area contributed by atoms with Crippen molar-refractivity contribution >= 4 is 12.7 Å². The molecule has 1 radical (unpaired) electrons. The fourth-order valence-corrected chi connectivity index (χ4v) is 0.492. The number of nitrogens with zero attached hydrogens (tertiary/aromatic N) is 2. The summed E-state index contributed by atoms with van der Waals surface area (Å²) in [5, 5.41) is 0. The van der Waals surface area contributed by atoms with Crippen LogP contribution in [0.3, 0.4) is 0 Å². The summed E-state index contributed by atoms with van der Waals surface area (Å²) >= 11 is 0. The molecule has 0 saturated heterocycles. The highest BCUT2D eigenvalue weighted by molar-refractivity contribution is 5.67. The minimum Gasteiger partial charge on any atom is -0.363 e. The maximum absolute atomic E-state index is 9.59. The van der Waals surface area contributed by atoms with E-state index in [-0.39, 0.29) is 0 Å². The summed E-state index contributed by atoms with van der Waals surface area (Å²) in [4.78, 5) is 14.8. The van der Waals surface area contributed by atoms with E-state index in [0.29, 0.717) is 0 Å². The van der Waals surface area contributed by atoms with Crippen LogP contribution in [0.15, 0.2) is 4.99 Å². The quantitative estimate of drug-likeness (QED) is 0.405. The summed E-state index contributed by atoms with van der Waals surface area (Å²) in [6, 6.07) is 0. The van der Waals surface area contributed by atoms with Gasteiger partial charge in [-0.25, -0.2) is 0 Å². The Labute approximate surface area is 55.4 Å². The van der Waals surface area contributed by atoms with Gasteiger partial charge in [-0.05, 0) is 13.8 Å². The molecule has 0 aliphatic rings. The normalized spacial score (nSPS) is 10.0. The van der Waals surface area contributed by atoms with Gasteiger partial charge in [-0.3, -0.25) is 4.79 Å². The molecule has 0 N–H and O–H groups in total. The van der Waals surface area contributed by atoms with Gasteiger partial charge in [0.05, 0.1) is 6.34 Å². The molecule has 0 unspecified atom stereocenters. The van der Waals surface area contributed by atoms with Crippen molar-refractivity contribution in [1.82, 2.24) is 4.90 Å². The molecule has 0 aromatic carbocycles. The molecule has 0 atom stereocenters. The van der Waals surface area contributed by atoms with E-state index in [4.69, 9.17) is 0 Å². The molecule has 0 saturated carbocycles. The lowest BCUT2D eigenvalue weighted by Crippen LogP contribution is -2.20. The van der Waals surface area contributed by atoms with Crippen molar-refractivity contribution in [3.05, 3.63) is 0 Å². The third kappa shape index (κ3) is 3.70. The molecule has 0 bridgehead atoms. The first-order valence-electron chi connectivity index (χ1n) is 2.99. The molecular formula is C6H11N2O. The molecule has 3 nitrogen and oxygen atoms in total. The minimum absolute atomic E-state index is 0.877. The summed E-state index contributed by atoms with van der Waals surface area (Å²) in [6.07, 6.45) is 2.94. The molecule has 51 valence electrons. The molecule has 0 aliphatic heterocycles. The number of hydrogen-bond acceptors (Lipinski definition) is 1. The number of hydrogen-bond donors (Lipinski definition) is 0. The van der Waals surface area contributed by atoms with E-state index in [1.807, 2.05) is 18.7 Å². The van der Waals surface area contributed by atoms with Gasteiger partial charge >= 0.3 is 6.41 Å². The monoisotopic (exact) mass is 127 g/mol. The van der Waals surface area contributed by atoms with Crippen LogP contribution in [0.5, 0.6) is 0 Å². The van der Waals surface area contributed by atoms with Crippen molar-refractivity contribution < 1.29 is 4.79 Å². The molecule has 0 spiro atoms. The molecule has 0 rings (SSSR count). The summed E-state index contributed by atoms with van der Waals surface area (Å²) in [6.45, 7) is 5.75. The van der Waals surface area contributed by atoms with Crippen LogP contribution in [0, 0.1) is 0 Å². The fourth-order valence-electron chi connectivity index (χ4n) is 0.492. The lowest BCUT2D eigenvalue weighted by Gasteiger charge is -2.11. The number of amides is 1. The zero-order valence-electron chi connectivity index (χ0n) is 5.79.